The van der Waals surface area contributed by atoms with Gasteiger partial charge in [-0.25, -0.2) is 8.42 Å². The molecule has 2 atom stereocenters. The van der Waals surface area contributed by atoms with Crippen molar-refractivity contribution in [2.24, 2.45) is 0 Å². The zero-order valence-corrected chi connectivity index (χ0v) is 12.2. The molecule has 1 aromatic carbocycles. The molecule has 1 aliphatic rings. The third-order valence-corrected chi connectivity index (χ3v) is 6.10. The van der Waals surface area contributed by atoms with E-state index in [1.54, 1.807) is 19.2 Å². The Kier molecular flexibility index (Phi) is 4.16. The summed E-state index contributed by atoms with van der Waals surface area (Å²) in [5.74, 6) is 0. The van der Waals surface area contributed by atoms with E-state index in [2.05, 4.69) is 0 Å². The number of sulfone groups is 1. The number of ether oxygens (including phenoxy) is 1. The Hall–Kier alpha value is -1.07. The molecule has 2 rings (SSSR count). The van der Waals surface area contributed by atoms with Crippen LogP contribution in [0.3, 0.4) is 0 Å². The second kappa shape index (κ2) is 5.51. The molecule has 0 aromatic heterocycles. The fourth-order valence-electron chi connectivity index (χ4n) is 2.67. The predicted octanol–water partition coefficient (Wildman–Crippen LogP) is 2.31. The van der Waals surface area contributed by atoms with Gasteiger partial charge in [0, 0.05) is 7.11 Å². The van der Waals surface area contributed by atoms with Crippen LogP contribution in [0.2, 0.25) is 0 Å². The van der Waals surface area contributed by atoms with Crippen LogP contribution in [-0.2, 0) is 14.6 Å². The number of methoxy groups -OCH3 is 1. The van der Waals surface area contributed by atoms with Crippen LogP contribution in [-0.4, -0.2) is 26.9 Å². The number of nitrogen functional groups attached to an aromatic ring is 1. The lowest BCUT2D eigenvalue weighted by molar-refractivity contribution is 0.0720. The van der Waals surface area contributed by atoms with Crippen LogP contribution in [0.1, 0.15) is 31.2 Å². The molecule has 2 N–H and O–H groups in total. The van der Waals surface area contributed by atoms with E-state index in [9.17, 15) is 8.42 Å². The van der Waals surface area contributed by atoms with Gasteiger partial charge < -0.3 is 10.5 Å². The minimum Gasteiger partial charge on any atom is -0.398 e. The highest BCUT2D eigenvalue weighted by Gasteiger charge is 2.34. The third-order valence-electron chi connectivity index (χ3n) is 3.83. The monoisotopic (exact) mass is 283 g/mol. The molecule has 1 saturated carbocycles. The Morgan fingerprint density at radius 3 is 2.74 bits per heavy atom. The van der Waals surface area contributed by atoms with Crippen molar-refractivity contribution >= 4 is 15.5 Å². The minimum atomic E-state index is -3.36. The molecule has 1 fully saturated rings. The van der Waals surface area contributed by atoms with E-state index >= 15 is 0 Å². The van der Waals surface area contributed by atoms with Crippen molar-refractivity contribution < 1.29 is 13.2 Å². The van der Waals surface area contributed by atoms with Crippen molar-refractivity contribution in [3.05, 3.63) is 23.8 Å². The Labute approximate surface area is 114 Å². The SMILES string of the molecule is COC1CCCC(S(=O)(=O)c2cc(C)ccc2N)C1. The maximum Gasteiger partial charge on any atom is 0.183 e. The molecule has 0 aliphatic heterocycles. The van der Waals surface area contributed by atoms with Gasteiger partial charge in [0.15, 0.2) is 9.84 Å². The molecule has 19 heavy (non-hydrogen) atoms. The summed E-state index contributed by atoms with van der Waals surface area (Å²) in [5.41, 5.74) is 7.09. The lowest BCUT2D eigenvalue weighted by Crippen LogP contribution is -2.32. The first-order valence-electron chi connectivity index (χ1n) is 6.58. The van der Waals surface area contributed by atoms with Gasteiger partial charge >= 0.3 is 0 Å². The average molecular weight is 283 g/mol. The van der Waals surface area contributed by atoms with Crippen LogP contribution in [0, 0.1) is 6.92 Å². The molecule has 1 aromatic rings. The first kappa shape index (κ1) is 14.3. The molecular formula is C14H21NO3S. The molecule has 0 amide bonds. The molecule has 2 unspecified atom stereocenters. The number of aryl methyl sites for hydroxylation is 1. The van der Waals surface area contributed by atoms with Crippen LogP contribution in [0.4, 0.5) is 5.69 Å². The summed E-state index contributed by atoms with van der Waals surface area (Å²) in [6.45, 7) is 1.87. The summed E-state index contributed by atoms with van der Waals surface area (Å²) in [7, 11) is -1.72. The number of benzene rings is 1. The normalized spacial score (nSPS) is 24.3. The van der Waals surface area contributed by atoms with Crippen LogP contribution in [0.15, 0.2) is 23.1 Å². The van der Waals surface area contributed by atoms with E-state index in [1.807, 2.05) is 13.0 Å². The summed E-state index contributed by atoms with van der Waals surface area (Å²) in [5, 5.41) is -0.379. The van der Waals surface area contributed by atoms with E-state index in [-0.39, 0.29) is 16.2 Å². The molecule has 0 bridgehead atoms. The van der Waals surface area contributed by atoms with Gasteiger partial charge in [0.2, 0.25) is 0 Å². The van der Waals surface area contributed by atoms with Crippen LogP contribution in [0.5, 0.6) is 0 Å². The quantitative estimate of drug-likeness (QED) is 0.864. The van der Waals surface area contributed by atoms with Crippen molar-refractivity contribution in [1.82, 2.24) is 0 Å². The summed E-state index contributed by atoms with van der Waals surface area (Å²) in [4.78, 5) is 0.272. The molecular weight excluding hydrogens is 262 g/mol. The molecule has 0 saturated heterocycles. The van der Waals surface area contributed by atoms with Gasteiger partial charge in [0.1, 0.15) is 0 Å². The fraction of sp³-hybridized carbons (Fsp3) is 0.571. The van der Waals surface area contributed by atoms with E-state index in [0.29, 0.717) is 18.5 Å². The highest BCUT2D eigenvalue weighted by atomic mass is 32.2. The lowest BCUT2D eigenvalue weighted by Gasteiger charge is -2.28. The smallest absolute Gasteiger partial charge is 0.183 e. The van der Waals surface area contributed by atoms with Gasteiger partial charge in [0.05, 0.1) is 21.9 Å². The Morgan fingerprint density at radius 2 is 2.05 bits per heavy atom. The lowest BCUT2D eigenvalue weighted by atomic mass is 9.97. The number of rotatable bonds is 3. The van der Waals surface area contributed by atoms with Crippen LogP contribution in [0.25, 0.3) is 0 Å². The van der Waals surface area contributed by atoms with Crippen molar-refractivity contribution in [2.45, 2.75) is 48.9 Å². The first-order valence-corrected chi connectivity index (χ1v) is 8.12. The van der Waals surface area contributed by atoms with Gasteiger partial charge in [-0.15, -0.1) is 0 Å². The third kappa shape index (κ3) is 2.92. The van der Waals surface area contributed by atoms with Crippen molar-refractivity contribution in [1.29, 1.82) is 0 Å². The standard InChI is InChI=1S/C14H21NO3S/c1-10-6-7-13(15)14(8-10)19(16,17)12-5-3-4-11(9-12)18-2/h6-8,11-12H,3-5,9,15H2,1-2H3. The molecule has 0 radical (unpaired) electrons. The molecule has 4 nitrogen and oxygen atoms in total. The number of nitrogens with two attached hydrogens (primary N) is 1. The van der Waals surface area contributed by atoms with E-state index in [0.717, 1.165) is 18.4 Å². The van der Waals surface area contributed by atoms with E-state index in [1.165, 1.54) is 0 Å². The topological polar surface area (TPSA) is 69.4 Å². The number of anilines is 1. The summed E-state index contributed by atoms with van der Waals surface area (Å²) >= 11 is 0. The highest BCUT2D eigenvalue weighted by molar-refractivity contribution is 7.92. The van der Waals surface area contributed by atoms with Crippen molar-refractivity contribution in [3.63, 3.8) is 0 Å². The van der Waals surface area contributed by atoms with Crippen LogP contribution < -0.4 is 5.73 Å². The van der Waals surface area contributed by atoms with Gasteiger partial charge in [-0.3, -0.25) is 0 Å². The van der Waals surface area contributed by atoms with Gasteiger partial charge in [-0.1, -0.05) is 6.07 Å². The molecule has 106 valence electrons. The van der Waals surface area contributed by atoms with E-state index < -0.39 is 9.84 Å². The zero-order valence-electron chi connectivity index (χ0n) is 11.4. The molecule has 0 spiro atoms. The largest absolute Gasteiger partial charge is 0.398 e. The number of hydrogen-bond donors (Lipinski definition) is 1. The second-order valence-electron chi connectivity index (χ2n) is 5.23. The minimum absolute atomic E-state index is 0.0413. The highest BCUT2D eigenvalue weighted by Crippen LogP contribution is 2.32. The summed E-state index contributed by atoms with van der Waals surface area (Å²) < 4.78 is 30.7. The van der Waals surface area contributed by atoms with Gasteiger partial charge in [-0.2, -0.15) is 0 Å². The molecule has 1 aliphatic carbocycles. The first-order chi connectivity index (χ1) is 8.95. The van der Waals surface area contributed by atoms with Gasteiger partial charge in [-0.05, 0) is 50.3 Å². The average Bonchev–Trinajstić information content (AvgIpc) is 2.41. The van der Waals surface area contributed by atoms with Crippen molar-refractivity contribution in [3.8, 4) is 0 Å². The second-order valence-corrected chi connectivity index (χ2v) is 7.43. The Bertz CT molecular complexity index is 554. The van der Waals surface area contributed by atoms with Gasteiger partial charge in [0.25, 0.3) is 0 Å². The Balaban J connectivity index is 2.34. The predicted molar refractivity (Wildman–Crippen MR) is 75.8 cm³/mol. The molecule has 5 heteroatoms. The van der Waals surface area contributed by atoms with Crippen molar-refractivity contribution in [2.75, 3.05) is 12.8 Å². The summed E-state index contributed by atoms with van der Waals surface area (Å²) in [6.07, 6.45) is 3.11. The molecule has 0 heterocycles. The maximum absolute atomic E-state index is 12.7. The Morgan fingerprint density at radius 1 is 1.32 bits per heavy atom. The number of hydrogen-bond acceptors (Lipinski definition) is 4. The summed E-state index contributed by atoms with van der Waals surface area (Å²) in [6, 6.07) is 5.16. The van der Waals surface area contributed by atoms with Crippen LogP contribution >= 0.6 is 0 Å². The van der Waals surface area contributed by atoms with E-state index in [4.69, 9.17) is 10.5 Å². The zero-order chi connectivity index (χ0) is 14.0. The maximum atomic E-state index is 12.7. The fourth-order valence-corrected chi connectivity index (χ4v) is 4.72.